The molecule has 8 heteroatoms. The van der Waals surface area contributed by atoms with E-state index in [1.165, 1.54) is 33.4 Å². The van der Waals surface area contributed by atoms with Crippen molar-refractivity contribution >= 4 is 23.9 Å². The molecule has 0 saturated heterocycles. The fraction of sp³-hybridized carbons (Fsp3) is 0.680. The highest BCUT2D eigenvalue weighted by Crippen LogP contribution is 2.51. The van der Waals surface area contributed by atoms with Crippen LogP contribution in [0.5, 0.6) is 0 Å². The van der Waals surface area contributed by atoms with Crippen molar-refractivity contribution in [3.63, 3.8) is 0 Å². The van der Waals surface area contributed by atoms with Crippen molar-refractivity contribution in [1.29, 1.82) is 0 Å². The molecule has 0 heterocycles. The zero-order valence-corrected chi connectivity index (χ0v) is 36.9. The summed E-state index contributed by atoms with van der Waals surface area (Å²) in [5, 5.41) is 36.8. The van der Waals surface area contributed by atoms with Gasteiger partial charge < -0.3 is 20.4 Å². The lowest BCUT2D eigenvalue weighted by molar-refractivity contribution is -0.148. The molecule has 0 amide bonds. The van der Waals surface area contributed by atoms with Crippen LogP contribution in [0, 0.1) is 35.5 Å². The average Bonchev–Trinajstić information content (AvgIpc) is 4.09. The number of rotatable bonds is 28. The van der Waals surface area contributed by atoms with Crippen LogP contribution in [0.15, 0.2) is 36.4 Å². The van der Waals surface area contributed by atoms with E-state index in [0.29, 0.717) is 0 Å². The highest BCUT2D eigenvalue weighted by molar-refractivity contribution is 5.78. The lowest BCUT2D eigenvalue weighted by atomic mass is 9.87. The monoisotopic (exact) mass is 805 g/mol. The molecule has 0 bridgehead atoms. The summed E-state index contributed by atoms with van der Waals surface area (Å²) in [5.74, 6) is -2.63. The minimum atomic E-state index is -0.711. The predicted octanol–water partition coefficient (Wildman–Crippen LogP) is 12.4. The maximum atomic E-state index is 11.2. The Bertz CT molecular complexity index is 1550. The number of carboxylic acid groups (broad SMARTS) is 4. The molecule has 58 heavy (non-hydrogen) atoms. The summed E-state index contributed by atoms with van der Waals surface area (Å²) < 4.78 is 0. The van der Waals surface area contributed by atoms with Gasteiger partial charge >= 0.3 is 23.9 Å². The molecule has 2 aromatic rings. The first-order valence-corrected chi connectivity index (χ1v) is 22.4. The van der Waals surface area contributed by atoms with Crippen LogP contribution in [0.4, 0.5) is 0 Å². The van der Waals surface area contributed by atoms with E-state index in [0.717, 1.165) is 154 Å². The fourth-order valence-electron chi connectivity index (χ4n) is 8.10. The van der Waals surface area contributed by atoms with E-state index in [4.69, 9.17) is 10.2 Å². The zero-order chi connectivity index (χ0) is 43.0. The van der Waals surface area contributed by atoms with Gasteiger partial charge in [-0.1, -0.05) is 87.8 Å². The molecule has 0 aliphatic heterocycles. The molecule has 2 fully saturated rings. The lowest BCUT2D eigenvalue weighted by Gasteiger charge is -2.18. The first-order valence-electron chi connectivity index (χ1n) is 22.4. The third-order valence-electron chi connectivity index (χ3n) is 13.3. The molecular formula is C50H76O8. The molecule has 324 valence electrons. The Morgan fingerprint density at radius 2 is 0.810 bits per heavy atom. The lowest BCUT2D eigenvalue weighted by Crippen LogP contribution is -2.23. The summed E-state index contributed by atoms with van der Waals surface area (Å²) >= 11 is 0. The highest BCUT2D eigenvalue weighted by Gasteiger charge is 2.49. The Hall–Kier alpha value is -3.68. The Balaban J connectivity index is 0.000000310. The van der Waals surface area contributed by atoms with E-state index in [-0.39, 0.29) is 10.8 Å². The molecule has 0 radical (unpaired) electrons. The number of hydrogen-bond acceptors (Lipinski definition) is 4. The largest absolute Gasteiger partial charge is 0.481 e. The minimum Gasteiger partial charge on any atom is -0.481 e. The molecule has 0 atom stereocenters. The fourth-order valence-corrected chi connectivity index (χ4v) is 8.10. The smallest absolute Gasteiger partial charge is 0.309 e. The van der Waals surface area contributed by atoms with Crippen molar-refractivity contribution < 1.29 is 39.6 Å². The minimum absolute atomic E-state index is 0.373. The van der Waals surface area contributed by atoms with Gasteiger partial charge in [-0.25, -0.2) is 0 Å². The summed E-state index contributed by atoms with van der Waals surface area (Å²) in [5.41, 5.74) is 6.22. The van der Waals surface area contributed by atoms with Crippen LogP contribution < -0.4 is 0 Å². The van der Waals surface area contributed by atoms with Crippen molar-refractivity contribution in [2.75, 3.05) is 0 Å². The van der Waals surface area contributed by atoms with E-state index in [2.05, 4.69) is 50.2 Å². The van der Waals surface area contributed by atoms with E-state index >= 15 is 0 Å². The number of benzene rings is 2. The summed E-state index contributed by atoms with van der Waals surface area (Å²) in [6.07, 6.45) is 23.5. The summed E-state index contributed by atoms with van der Waals surface area (Å²) in [6, 6.07) is 13.5. The Kier molecular flexibility index (Phi) is 19.0. The maximum Gasteiger partial charge on any atom is 0.309 e. The Labute approximate surface area is 349 Å². The second-order valence-corrected chi connectivity index (χ2v) is 19.3. The molecule has 8 nitrogen and oxygen atoms in total. The molecule has 0 aromatic heterocycles. The van der Waals surface area contributed by atoms with Crippen LogP contribution in [0.3, 0.4) is 0 Å². The van der Waals surface area contributed by atoms with Gasteiger partial charge in [-0.15, -0.1) is 0 Å². The van der Waals surface area contributed by atoms with Gasteiger partial charge in [-0.3, -0.25) is 19.2 Å². The molecule has 0 unspecified atom stereocenters. The van der Waals surface area contributed by atoms with Crippen LogP contribution in [0.25, 0.3) is 0 Å². The Morgan fingerprint density at radius 3 is 1.10 bits per heavy atom. The number of aryl methyl sites for hydroxylation is 6. The van der Waals surface area contributed by atoms with Crippen LogP contribution in [0.1, 0.15) is 189 Å². The van der Waals surface area contributed by atoms with Crippen molar-refractivity contribution in [3.8, 4) is 0 Å². The van der Waals surface area contributed by atoms with Gasteiger partial charge in [-0.05, 0) is 178 Å². The number of carboxylic acids is 4. The van der Waals surface area contributed by atoms with Gasteiger partial charge in [0, 0.05) is 0 Å². The second-order valence-electron chi connectivity index (χ2n) is 19.3. The van der Waals surface area contributed by atoms with Gasteiger partial charge in [0.25, 0.3) is 0 Å². The first kappa shape index (κ1) is 48.7. The van der Waals surface area contributed by atoms with Crippen molar-refractivity contribution in [2.45, 2.75) is 196 Å². The molecule has 2 aliphatic carbocycles. The maximum absolute atomic E-state index is 11.2. The summed E-state index contributed by atoms with van der Waals surface area (Å²) in [6.45, 7) is 11.6. The number of unbranched alkanes of at least 4 members (excludes halogenated alkanes) is 8. The predicted molar refractivity (Wildman–Crippen MR) is 232 cm³/mol. The Morgan fingerprint density at radius 1 is 0.483 bits per heavy atom. The number of aliphatic carboxylic acids is 4. The molecule has 2 aromatic carbocycles. The van der Waals surface area contributed by atoms with Crippen molar-refractivity contribution in [3.05, 3.63) is 69.8 Å². The number of hydrogen-bond donors (Lipinski definition) is 4. The van der Waals surface area contributed by atoms with Crippen molar-refractivity contribution in [1.82, 2.24) is 0 Å². The second kappa shape index (κ2) is 22.6. The summed E-state index contributed by atoms with van der Waals surface area (Å²) in [7, 11) is 0. The molecule has 2 saturated carbocycles. The van der Waals surface area contributed by atoms with Crippen LogP contribution in [-0.4, -0.2) is 44.3 Å². The van der Waals surface area contributed by atoms with Gasteiger partial charge in [0.1, 0.15) is 0 Å². The normalized spacial score (nSPS) is 15.3. The molecule has 4 N–H and O–H groups in total. The molecular weight excluding hydrogens is 729 g/mol. The molecule has 4 rings (SSSR count). The third kappa shape index (κ3) is 16.2. The van der Waals surface area contributed by atoms with Crippen LogP contribution >= 0.6 is 0 Å². The standard InChI is InChI=1S/2C25H38O4/c1-19-18-20(10-6-4-9-15-25(16-17-25)23(28)29)12-13-21(19)11-7-5-8-14-24(2,3)22(26)27;1-19-18-20(10-6-4-8-14-24(2,3)22(26)27)12-13-21(19)11-7-5-9-15-25(16-17-25)23(28)29/h2*12-13,18H,4-11,14-17H2,1-3H3,(H,26,27)(H,28,29). The quantitative estimate of drug-likeness (QED) is 0.0621. The van der Waals surface area contributed by atoms with Crippen molar-refractivity contribution in [2.24, 2.45) is 21.7 Å². The van der Waals surface area contributed by atoms with E-state index in [9.17, 15) is 29.4 Å². The zero-order valence-electron chi connectivity index (χ0n) is 36.9. The van der Waals surface area contributed by atoms with Crippen LogP contribution in [0.2, 0.25) is 0 Å². The SMILES string of the molecule is Cc1cc(CCCCCC(C)(C)C(=O)O)ccc1CCCCCC1(C(=O)O)CC1.Cc1cc(CCCCCC2(C(=O)O)CC2)ccc1CCCCCC(C)(C)C(=O)O. The first-order chi connectivity index (χ1) is 27.3. The average molecular weight is 805 g/mol. The van der Waals surface area contributed by atoms with E-state index in [1.54, 1.807) is 27.7 Å². The highest BCUT2D eigenvalue weighted by atomic mass is 16.4. The van der Waals surface area contributed by atoms with Crippen LogP contribution in [-0.2, 0) is 44.9 Å². The topological polar surface area (TPSA) is 149 Å². The summed E-state index contributed by atoms with van der Waals surface area (Å²) in [4.78, 5) is 44.7. The molecule has 0 spiro atoms. The third-order valence-corrected chi connectivity index (χ3v) is 13.3. The molecule has 2 aliphatic rings. The van der Waals surface area contributed by atoms with E-state index < -0.39 is 34.7 Å². The van der Waals surface area contributed by atoms with Gasteiger partial charge in [-0.2, -0.15) is 0 Å². The van der Waals surface area contributed by atoms with Gasteiger partial charge in [0.15, 0.2) is 0 Å². The van der Waals surface area contributed by atoms with E-state index in [1.807, 2.05) is 0 Å². The van der Waals surface area contributed by atoms with Gasteiger partial charge in [0.05, 0.1) is 21.7 Å². The number of carbonyl (C=O) groups is 4. The van der Waals surface area contributed by atoms with Gasteiger partial charge in [0.2, 0.25) is 0 Å².